The van der Waals surface area contributed by atoms with Crippen molar-refractivity contribution < 1.29 is 4.79 Å². The highest BCUT2D eigenvalue weighted by Gasteiger charge is 2.18. The molecular weight excluding hydrogens is 322 g/mol. The molecule has 0 saturated carbocycles. The number of nitrogens with zero attached hydrogens (tertiary/aromatic N) is 2. The molecule has 1 saturated heterocycles. The third-order valence-corrected chi connectivity index (χ3v) is 4.83. The van der Waals surface area contributed by atoms with Crippen LogP contribution in [0.15, 0.2) is 54.6 Å². The monoisotopic (exact) mass is 349 g/mol. The second-order valence-electron chi connectivity index (χ2n) is 6.67. The fourth-order valence-corrected chi connectivity index (χ4v) is 3.18. The molecule has 0 spiro atoms. The fourth-order valence-electron chi connectivity index (χ4n) is 3.18. The van der Waals surface area contributed by atoms with E-state index in [4.69, 9.17) is 0 Å². The van der Waals surface area contributed by atoms with Gasteiger partial charge in [0.1, 0.15) is 0 Å². The van der Waals surface area contributed by atoms with E-state index in [1.807, 2.05) is 48.5 Å². The van der Waals surface area contributed by atoms with Gasteiger partial charge in [-0.3, -0.25) is 4.79 Å². The van der Waals surface area contributed by atoms with Crippen molar-refractivity contribution >= 4 is 23.4 Å². The highest BCUT2D eigenvalue weighted by molar-refractivity contribution is 6.03. The molecule has 136 valence electrons. The van der Waals surface area contributed by atoms with Crippen LogP contribution in [0.5, 0.6) is 0 Å². The third kappa shape index (κ3) is 4.73. The fraction of sp³-hybridized carbons (Fsp3) is 0.318. The van der Waals surface area contributed by atoms with Gasteiger partial charge >= 0.3 is 0 Å². The van der Waals surface area contributed by atoms with Crippen molar-refractivity contribution in [2.45, 2.75) is 13.8 Å². The lowest BCUT2D eigenvalue weighted by Gasteiger charge is -2.36. The summed E-state index contributed by atoms with van der Waals surface area (Å²) in [6, 6.07) is 16.2. The number of benzene rings is 2. The number of hydrogen-bond acceptors (Lipinski definition) is 3. The van der Waals surface area contributed by atoms with Crippen LogP contribution in [-0.2, 0) is 4.79 Å². The van der Waals surface area contributed by atoms with Gasteiger partial charge in [-0.25, -0.2) is 0 Å². The Balaban J connectivity index is 1.66. The molecule has 1 aliphatic rings. The maximum atomic E-state index is 12.4. The first kappa shape index (κ1) is 18.2. The van der Waals surface area contributed by atoms with E-state index < -0.39 is 0 Å². The van der Waals surface area contributed by atoms with Crippen molar-refractivity contribution in [3.63, 3.8) is 0 Å². The molecule has 1 amide bonds. The second-order valence-corrected chi connectivity index (χ2v) is 6.67. The Morgan fingerprint density at radius 3 is 2.42 bits per heavy atom. The Morgan fingerprint density at radius 2 is 1.73 bits per heavy atom. The van der Waals surface area contributed by atoms with E-state index in [-0.39, 0.29) is 5.91 Å². The first-order valence-corrected chi connectivity index (χ1v) is 9.28. The number of amides is 1. The van der Waals surface area contributed by atoms with Gasteiger partial charge in [0.25, 0.3) is 0 Å². The summed E-state index contributed by atoms with van der Waals surface area (Å²) < 4.78 is 0. The summed E-state index contributed by atoms with van der Waals surface area (Å²) in [5.74, 6) is -0.106. The summed E-state index contributed by atoms with van der Waals surface area (Å²) in [5, 5.41) is 3.03. The minimum Gasteiger partial charge on any atom is -0.367 e. The zero-order valence-corrected chi connectivity index (χ0v) is 15.6. The van der Waals surface area contributed by atoms with E-state index in [2.05, 4.69) is 35.0 Å². The predicted octanol–water partition coefficient (Wildman–Crippen LogP) is 3.79. The summed E-state index contributed by atoms with van der Waals surface area (Å²) >= 11 is 0. The number of nitrogens with one attached hydrogen (secondary N) is 1. The zero-order valence-electron chi connectivity index (χ0n) is 15.6. The van der Waals surface area contributed by atoms with Gasteiger partial charge < -0.3 is 15.1 Å². The SMILES string of the molecule is CCN1CCN(c2ccccc2NC(=O)/C=C/c2ccc(C)cc2)CC1. The predicted molar refractivity (Wildman–Crippen MR) is 110 cm³/mol. The van der Waals surface area contributed by atoms with Crippen LogP contribution in [0.3, 0.4) is 0 Å². The summed E-state index contributed by atoms with van der Waals surface area (Å²) in [7, 11) is 0. The molecule has 0 bridgehead atoms. The van der Waals surface area contributed by atoms with Gasteiger partial charge in [0.2, 0.25) is 5.91 Å². The van der Waals surface area contributed by atoms with E-state index in [0.29, 0.717) is 0 Å². The number of rotatable bonds is 5. The Morgan fingerprint density at radius 1 is 1.04 bits per heavy atom. The Hall–Kier alpha value is -2.59. The van der Waals surface area contributed by atoms with Crippen molar-refractivity contribution in [3.05, 3.63) is 65.7 Å². The van der Waals surface area contributed by atoms with E-state index >= 15 is 0 Å². The largest absolute Gasteiger partial charge is 0.367 e. The van der Waals surface area contributed by atoms with Crippen molar-refractivity contribution in [2.75, 3.05) is 42.9 Å². The van der Waals surface area contributed by atoms with Crippen LogP contribution in [0, 0.1) is 6.92 Å². The molecule has 1 aliphatic heterocycles. The first-order chi connectivity index (χ1) is 12.7. The summed E-state index contributed by atoms with van der Waals surface area (Å²) in [6.45, 7) is 9.44. The van der Waals surface area contributed by atoms with Gasteiger partial charge in [-0.15, -0.1) is 0 Å². The molecule has 4 nitrogen and oxygen atoms in total. The molecule has 3 rings (SSSR count). The molecule has 0 aliphatic carbocycles. The zero-order chi connectivity index (χ0) is 18.4. The number of piperazine rings is 1. The van der Waals surface area contributed by atoms with Crippen LogP contribution in [0.1, 0.15) is 18.1 Å². The minimum absolute atomic E-state index is 0.106. The number of hydrogen-bond donors (Lipinski definition) is 1. The minimum atomic E-state index is -0.106. The van der Waals surface area contributed by atoms with Crippen LogP contribution in [0.4, 0.5) is 11.4 Å². The molecule has 0 aromatic heterocycles. The summed E-state index contributed by atoms with van der Waals surface area (Å²) in [6.07, 6.45) is 3.44. The average molecular weight is 349 g/mol. The van der Waals surface area contributed by atoms with E-state index in [1.54, 1.807) is 6.08 Å². The topological polar surface area (TPSA) is 35.6 Å². The average Bonchev–Trinajstić information content (AvgIpc) is 2.68. The van der Waals surface area contributed by atoms with Gasteiger partial charge in [-0.2, -0.15) is 0 Å². The van der Waals surface area contributed by atoms with Gasteiger partial charge in [0.05, 0.1) is 11.4 Å². The van der Waals surface area contributed by atoms with E-state index in [0.717, 1.165) is 49.7 Å². The third-order valence-electron chi connectivity index (χ3n) is 4.83. The van der Waals surface area contributed by atoms with Gasteiger partial charge in [-0.05, 0) is 37.2 Å². The van der Waals surface area contributed by atoms with Crippen molar-refractivity contribution in [3.8, 4) is 0 Å². The molecule has 4 heteroatoms. The number of likely N-dealkylation sites (N-methyl/N-ethyl adjacent to an activating group) is 1. The molecule has 1 heterocycles. The molecule has 1 N–H and O–H groups in total. The van der Waals surface area contributed by atoms with Gasteiger partial charge in [0, 0.05) is 32.3 Å². The maximum absolute atomic E-state index is 12.4. The number of carbonyl (C=O) groups is 1. The second kappa shape index (κ2) is 8.68. The maximum Gasteiger partial charge on any atom is 0.248 e. The van der Waals surface area contributed by atoms with Crippen LogP contribution >= 0.6 is 0 Å². The first-order valence-electron chi connectivity index (χ1n) is 9.28. The van der Waals surface area contributed by atoms with Crippen molar-refractivity contribution in [1.29, 1.82) is 0 Å². The molecule has 0 radical (unpaired) electrons. The highest BCUT2D eigenvalue weighted by Crippen LogP contribution is 2.26. The lowest BCUT2D eigenvalue weighted by Crippen LogP contribution is -2.46. The van der Waals surface area contributed by atoms with Crippen molar-refractivity contribution in [1.82, 2.24) is 4.90 Å². The van der Waals surface area contributed by atoms with E-state index in [9.17, 15) is 4.79 Å². The van der Waals surface area contributed by atoms with Crippen molar-refractivity contribution in [2.24, 2.45) is 0 Å². The number of carbonyl (C=O) groups excluding carboxylic acids is 1. The molecule has 1 fully saturated rings. The van der Waals surface area contributed by atoms with Gasteiger partial charge in [-0.1, -0.05) is 48.9 Å². The smallest absolute Gasteiger partial charge is 0.248 e. The number of anilines is 2. The Labute approximate surface area is 156 Å². The lowest BCUT2D eigenvalue weighted by molar-refractivity contribution is -0.111. The standard InChI is InChI=1S/C22H27N3O/c1-3-24-14-16-25(17-15-24)21-7-5-4-6-20(21)23-22(26)13-12-19-10-8-18(2)9-11-19/h4-13H,3,14-17H2,1-2H3,(H,23,26)/b13-12+. The Bertz CT molecular complexity index is 759. The molecule has 2 aromatic rings. The quantitative estimate of drug-likeness (QED) is 0.834. The highest BCUT2D eigenvalue weighted by atomic mass is 16.1. The number of para-hydroxylation sites is 2. The number of aryl methyl sites for hydroxylation is 1. The van der Waals surface area contributed by atoms with Crippen LogP contribution in [0.25, 0.3) is 6.08 Å². The normalized spacial score (nSPS) is 15.4. The van der Waals surface area contributed by atoms with Crippen LogP contribution in [-0.4, -0.2) is 43.5 Å². The molecule has 2 aromatic carbocycles. The van der Waals surface area contributed by atoms with Gasteiger partial charge in [0.15, 0.2) is 0 Å². The van der Waals surface area contributed by atoms with Crippen LogP contribution < -0.4 is 10.2 Å². The molecule has 0 atom stereocenters. The summed E-state index contributed by atoms with van der Waals surface area (Å²) in [4.78, 5) is 17.2. The van der Waals surface area contributed by atoms with E-state index in [1.165, 1.54) is 5.56 Å². The molecular formula is C22H27N3O. The van der Waals surface area contributed by atoms with Crippen LogP contribution in [0.2, 0.25) is 0 Å². The molecule has 26 heavy (non-hydrogen) atoms. The molecule has 0 unspecified atom stereocenters. The summed E-state index contributed by atoms with van der Waals surface area (Å²) in [5.41, 5.74) is 4.20. The lowest BCUT2D eigenvalue weighted by atomic mass is 10.1. The Kier molecular flexibility index (Phi) is 6.08.